The van der Waals surface area contributed by atoms with Crippen LogP contribution in [-0.2, 0) is 19.4 Å². The summed E-state index contributed by atoms with van der Waals surface area (Å²) in [6.45, 7) is 9.01. The molecule has 1 aromatic heterocycles. The summed E-state index contributed by atoms with van der Waals surface area (Å²) in [6.07, 6.45) is 2.01. The molecule has 0 spiro atoms. The van der Waals surface area contributed by atoms with Gasteiger partial charge in [0.25, 0.3) is 0 Å². The normalized spacial score (nSPS) is 10.5. The third-order valence-electron chi connectivity index (χ3n) is 2.24. The predicted octanol–water partition coefficient (Wildman–Crippen LogP) is 2.49. The Morgan fingerprint density at radius 2 is 2.21 bits per heavy atom. The van der Waals surface area contributed by atoms with Gasteiger partial charge in [-0.3, -0.25) is 4.68 Å². The van der Waals surface area contributed by atoms with Crippen molar-refractivity contribution in [3.05, 3.63) is 29.6 Å². The van der Waals surface area contributed by atoms with Crippen LogP contribution < -0.4 is 0 Å². The van der Waals surface area contributed by atoms with Crippen LogP contribution in [-0.4, -0.2) is 15.5 Å². The lowest BCUT2D eigenvalue weighted by molar-refractivity contribution is 0.635. The maximum absolute atomic E-state index is 4.51. The SMILES string of the molecule is C=C(CS)Cn1nc(CC)cc1CC. The molecule has 0 fully saturated rings. The molecule has 1 aromatic rings. The molecule has 0 radical (unpaired) electrons. The molecule has 0 bridgehead atoms. The second-order valence-corrected chi connectivity index (χ2v) is 3.72. The quantitative estimate of drug-likeness (QED) is 0.584. The van der Waals surface area contributed by atoms with Gasteiger partial charge in [-0.15, -0.1) is 0 Å². The molecule has 0 aliphatic carbocycles. The number of aromatic nitrogens is 2. The van der Waals surface area contributed by atoms with Gasteiger partial charge in [0.15, 0.2) is 0 Å². The first-order valence-electron chi connectivity index (χ1n) is 5.04. The van der Waals surface area contributed by atoms with E-state index in [4.69, 9.17) is 0 Å². The van der Waals surface area contributed by atoms with Gasteiger partial charge in [-0.1, -0.05) is 20.4 Å². The fraction of sp³-hybridized carbons (Fsp3) is 0.545. The van der Waals surface area contributed by atoms with E-state index in [1.165, 1.54) is 5.69 Å². The fourth-order valence-corrected chi connectivity index (χ4v) is 1.47. The predicted molar refractivity (Wildman–Crippen MR) is 64.0 cm³/mol. The lowest BCUT2D eigenvalue weighted by Gasteiger charge is -2.06. The van der Waals surface area contributed by atoms with Crippen molar-refractivity contribution in [3.8, 4) is 0 Å². The van der Waals surface area contributed by atoms with Gasteiger partial charge in [-0.05, 0) is 24.5 Å². The third-order valence-corrected chi connectivity index (χ3v) is 2.68. The molecule has 0 saturated carbocycles. The van der Waals surface area contributed by atoms with Gasteiger partial charge in [0, 0.05) is 11.4 Å². The largest absolute Gasteiger partial charge is 0.265 e. The van der Waals surface area contributed by atoms with E-state index in [0.717, 1.165) is 36.4 Å². The molecule has 2 nitrogen and oxygen atoms in total. The van der Waals surface area contributed by atoms with Crippen molar-refractivity contribution in [2.75, 3.05) is 5.75 Å². The van der Waals surface area contributed by atoms with Crippen molar-refractivity contribution in [3.63, 3.8) is 0 Å². The standard InChI is InChI=1S/C11H18N2S/c1-4-10-6-11(5-2)13(12-10)7-9(3)8-14/h6,14H,3-5,7-8H2,1-2H3. The topological polar surface area (TPSA) is 17.8 Å². The van der Waals surface area contributed by atoms with E-state index in [1.807, 2.05) is 4.68 Å². The van der Waals surface area contributed by atoms with Crippen LogP contribution in [0.15, 0.2) is 18.2 Å². The molecule has 0 saturated heterocycles. The average Bonchev–Trinajstić information content (AvgIpc) is 2.60. The van der Waals surface area contributed by atoms with Crippen LogP contribution >= 0.6 is 12.6 Å². The summed E-state index contributed by atoms with van der Waals surface area (Å²) < 4.78 is 2.04. The Balaban J connectivity index is 2.83. The fourth-order valence-electron chi connectivity index (χ4n) is 1.37. The van der Waals surface area contributed by atoms with E-state index in [0.29, 0.717) is 0 Å². The van der Waals surface area contributed by atoms with Crippen molar-refractivity contribution < 1.29 is 0 Å². The van der Waals surface area contributed by atoms with Crippen LogP contribution in [0.4, 0.5) is 0 Å². The molecule has 0 amide bonds. The molecular formula is C11H18N2S. The van der Waals surface area contributed by atoms with E-state index in [1.54, 1.807) is 0 Å². The summed E-state index contributed by atoms with van der Waals surface area (Å²) in [5, 5.41) is 4.51. The highest BCUT2D eigenvalue weighted by atomic mass is 32.1. The van der Waals surface area contributed by atoms with Gasteiger partial charge in [0.05, 0.1) is 12.2 Å². The van der Waals surface area contributed by atoms with Crippen molar-refractivity contribution in [2.24, 2.45) is 0 Å². The van der Waals surface area contributed by atoms with Crippen LogP contribution in [0.3, 0.4) is 0 Å². The first kappa shape index (κ1) is 11.4. The monoisotopic (exact) mass is 210 g/mol. The van der Waals surface area contributed by atoms with E-state index >= 15 is 0 Å². The number of rotatable bonds is 5. The molecule has 0 N–H and O–H groups in total. The molecule has 0 aromatic carbocycles. The first-order chi connectivity index (χ1) is 6.71. The van der Waals surface area contributed by atoms with Gasteiger partial charge < -0.3 is 0 Å². The van der Waals surface area contributed by atoms with E-state index in [2.05, 4.69) is 44.2 Å². The van der Waals surface area contributed by atoms with Crippen LogP contribution in [0, 0.1) is 0 Å². The minimum Gasteiger partial charge on any atom is -0.265 e. The molecule has 78 valence electrons. The van der Waals surface area contributed by atoms with Gasteiger partial charge in [-0.25, -0.2) is 0 Å². The summed E-state index contributed by atoms with van der Waals surface area (Å²) in [5.74, 6) is 0.727. The number of nitrogens with zero attached hydrogens (tertiary/aromatic N) is 2. The lowest BCUT2D eigenvalue weighted by Crippen LogP contribution is -2.07. The first-order valence-corrected chi connectivity index (χ1v) is 5.67. The summed E-state index contributed by atoms with van der Waals surface area (Å²) in [7, 11) is 0. The van der Waals surface area contributed by atoms with Crippen LogP contribution in [0.5, 0.6) is 0 Å². The Bertz CT molecular complexity index is 315. The van der Waals surface area contributed by atoms with Gasteiger partial charge in [0.1, 0.15) is 0 Å². The van der Waals surface area contributed by atoms with Gasteiger partial charge in [-0.2, -0.15) is 17.7 Å². The molecule has 1 heterocycles. The summed E-state index contributed by atoms with van der Waals surface area (Å²) in [6, 6.07) is 2.17. The van der Waals surface area contributed by atoms with Crippen LogP contribution in [0.1, 0.15) is 25.2 Å². The van der Waals surface area contributed by atoms with E-state index in [9.17, 15) is 0 Å². The Morgan fingerprint density at radius 3 is 2.71 bits per heavy atom. The van der Waals surface area contributed by atoms with Crippen LogP contribution in [0.2, 0.25) is 0 Å². The van der Waals surface area contributed by atoms with Crippen molar-refractivity contribution in [2.45, 2.75) is 33.2 Å². The smallest absolute Gasteiger partial charge is 0.0627 e. The molecule has 3 heteroatoms. The zero-order chi connectivity index (χ0) is 10.6. The second-order valence-electron chi connectivity index (χ2n) is 3.40. The number of aryl methyl sites for hydroxylation is 2. The Kier molecular flexibility index (Phi) is 4.26. The van der Waals surface area contributed by atoms with Gasteiger partial charge in [0.2, 0.25) is 0 Å². The van der Waals surface area contributed by atoms with Crippen LogP contribution in [0.25, 0.3) is 0 Å². The maximum atomic E-state index is 4.51. The highest BCUT2D eigenvalue weighted by Gasteiger charge is 2.05. The van der Waals surface area contributed by atoms with E-state index in [-0.39, 0.29) is 0 Å². The molecule has 1 rings (SSSR count). The number of hydrogen-bond acceptors (Lipinski definition) is 2. The summed E-state index contributed by atoms with van der Waals surface area (Å²) in [5.41, 5.74) is 3.55. The average molecular weight is 210 g/mol. The second kappa shape index (κ2) is 5.25. The minimum absolute atomic E-state index is 0.727. The summed E-state index contributed by atoms with van der Waals surface area (Å²) >= 11 is 4.20. The third kappa shape index (κ3) is 2.64. The maximum Gasteiger partial charge on any atom is 0.0627 e. The Morgan fingerprint density at radius 1 is 1.50 bits per heavy atom. The minimum atomic E-state index is 0.727. The number of thiol groups is 1. The zero-order valence-electron chi connectivity index (χ0n) is 8.95. The molecule has 0 aliphatic heterocycles. The lowest BCUT2D eigenvalue weighted by atomic mass is 10.2. The molecule has 0 aliphatic rings. The molecular weight excluding hydrogens is 192 g/mol. The van der Waals surface area contributed by atoms with Crippen molar-refractivity contribution >= 4 is 12.6 Å². The number of hydrogen-bond donors (Lipinski definition) is 1. The van der Waals surface area contributed by atoms with E-state index < -0.39 is 0 Å². The highest BCUT2D eigenvalue weighted by molar-refractivity contribution is 7.80. The molecule has 0 atom stereocenters. The Labute approximate surface area is 91.4 Å². The van der Waals surface area contributed by atoms with Crippen molar-refractivity contribution in [1.82, 2.24) is 9.78 Å². The Hall–Kier alpha value is -0.700. The van der Waals surface area contributed by atoms with Gasteiger partial charge >= 0.3 is 0 Å². The molecule has 0 unspecified atom stereocenters. The molecule has 14 heavy (non-hydrogen) atoms. The highest BCUT2D eigenvalue weighted by Crippen LogP contribution is 2.09. The zero-order valence-corrected chi connectivity index (χ0v) is 9.85. The summed E-state index contributed by atoms with van der Waals surface area (Å²) in [4.78, 5) is 0. The van der Waals surface area contributed by atoms with Crippen molar-refractivity contribution in [1.29, 1.82) is 0 Å².